The monoisotopic (exact) mass is 274 g/mol. The van der Waals surface area contributed by atoms with Gasteiger partial charge in [0, 0.05) is 7.05 Å². The van der Waals surface area contributed by atoms with E-state index in [1.165, 1.54) is 37.8 Å². The third-order valence-corrected chi connectivity index (χ3v) is 6.18. The maximum Gasteiger partial charge on any atom is 0.0756 e. The van der Waals surface area contributed by atoms with Gasteiger partial charge < -0.3 is 5.32 Å². The molecule has 20 heavy (non-hydrogen) atoms. The van der Waals surface area contributed by atoms with Crippen LogP contribution in [0.5, 0.6) is 0 Å². The van der Waals surface area contributed by atoms with Gasteiger partial charge >= 0.3 is 0 Å². The highest BCUT2D eigenvalue weighted by atomic mass is 15.4. The second-order valence-electron chi connectivity index (χ2n) is 7.33. The van der Waals surface area contributed by atoms with Crippen LogP contribution in [0.2, 0.25) is 0 Å². The van der Waals surface area contributed by atoms with Crippen LogP contribution in [0.3, 0.4) is 0 Å². The van der Waals surface area contributed by atoms with E-state index in [1.54, 1.807) is 0 Å². The largest absolute Gasteiger partial charge is 0.309 e. The molecule has 1 aromatic heterocycles. The van der Waals surface area contributed by atoms with Gasteiger partial charge in [0.2, 0.25) is 0 Å². The van der Waals surface area contributed by atoms with Gasteiger partial charge in [0.05, 0.1) is 17.9 Å². The zero-order valence-corrected chi connectivity index (χ0v) is 12.6. The number of hydrogen-bond donors (Lipinski definition) is 1. The first-order valence-corrected chi connectivity index (χ1v) is 8.34. The SMILES string of the molecule is CCNC(c1cnnn1C)C1C2CC3CC(C2)CC1C3. The van der Waals surface area contributed by atoms with E-state index >= 15 is 0 Å². The van der Waals surface area contributed by atoms with Crippen molar-refractivity contribution in [2.75, 3.05) is 6.54 Å². The molecule has 0 radical (unpaired) electrons. The lowest BCUT2D eigenvalue weighted by Gasteiger charge is -2.56. The Morgan fingerprint density at radius 2 is 1.85 bits per heavy atom. The van der Waals surface area contributed by atoms with Gasteiger partial charge in [-0.3, -0.25) is 4.68 Å². The maximum atomic E-state index is 4.16. The van der Waals surface area contributed by atoms with Crippen molar-refractivity contribution in [1.82, 2.24) is 20.3 Å². The molecule has 0 saturated heterocycles. The molecule has 1 aromatic rings. The van der Waals surface area contributed by atoms with Gasteiger partial charge in [-0.15, -0.1) is 5.10 Å². The molecule has 1 atom stereocenters. The highest BCUT2D eigenvalue weighted by Gasteiger charge is 2.51. The number of aromatic nitrogens is 3. The minimum Gasteiger partial charge on any atom is -0.309 e. The van der Waals surface area contributed by atoms with E-state index in [1.807, 2.05) is 17.9 Å². The summed E-state index contributed by atoms with van der Waals surface area (Å²) in [7, 11) is 2.03. The molecule has 0 spiro atoms. The quantitative estimate of drug-likeness (QED) is 0.917. The van der Waals surface area contributed by atoms with Crippen molar-refractivity contribution in [2.45, 2.75) is 45.1 Å². The molecular formula is C16H26N4. The minimum absolute atomic E-state index is 0.454. The molecule has 0 aromatic carbocycles. The fourth-order valence-corrected chi connectivity index (χ4v) is 5.75. The summed E-state index contributed by atoms with van der Waals surface area (Å²) < 4.78 is 1.97. The van der Waals surface area contributed by atoms with Crippen molar-refractivity contribution < 1.29 is 0 Å². The number of aryl methyl sites for hydroxylation is 1. The van der Waals surface area contributed by atoms with Gasteiger partial charge in [0.25, 0.3) is 0 Å². The van der Waals surface area contributed by atoms with Gasteiger partial charge in [-0.1, -0.05) is 12.1 Å². The standard InChI is InChI=1S/C16H26N4/c1-3-17-16(14-9-18-19-20(14)2)15-12-5-10-4-11(7-12)8-13(15)6-10/h9-13,15-17H,3-8H2,1-2H3. The summed E-state index contributed by atoms with van der Waals surface area (Å²) >= 11 is 0. The van der Waals surface area contributed by atoms with Crippen LogP contribution in [-0.4, -0.2) is 21.5 Å². The molecule has 110 valence electrons. The van der Waals surface area contributed by atoms with Crippen LogP contribution in [-0.2, 0) is 7.05 Å². The first-order chi connectivity index (χ1) is 9.76. The minimum atomic E-state index is 0.454. The van der Waals surface area contributed by atoms with Crippen LogP contribution in [0, 0.1) is 29.6 Å². The van der Waals surface area contributed by atoms with Crippen LogP contribution in [0.15, 0.2) is 6.20 Å². The summed E-state index contributed by atoms with van der Waals surface area (Å²) in [5, 5.41) is 12.0. The highest BCUT2D eigenvalue weighted by Crippen LogP contribution is 2.59. The Morgan fingerprint density at radius 3 is 2.35 bits per heavy atom. The van der Waals surface area contributed by atoms with Gasteiger partial charge in [0.1, 0.15) is 0 Å². The molecule has 4 aliphatic rings. The topological polar surface area (TPSA) is 42.7 Å². The summed E-state index contributed by atoms with van der Waals surface area (Å²) in [6.45, 7) is 3.24. The van der Waals surface area contributed by atoms with E-state index < -0.39 is 0 Å². The molecule has 1 N–H and O–H groups in total. The number of nitrogens with zero attached hydrogens (tertiary/aromatic N) is 3. The third kappa shape index (κ3) is 1.92. The zero-order chi connectivity index (χ0) is 13.7. The maximum absolute atomic E-state index is 4.16. The molecule has 1 unspecified atom stereocenters. The van der Waals surface area contributed by atoms with Crippen molar-refractivity contribution in [1.29, 1.82) is 0 Å². The summed E-state index contributed by atoms with van der Waals surface area (Å²) in [5.74, 6) is 4.76. The Kier molecular flexibility index (Phi) is 3.09. The van der Waals surface area contributed by atoms with E-state index in [-0.39, 0.29) is 0 Å². The molecule has 1 heterocycles. The molecule has 4 fully saturated rings. The van der Waals surface area contributed by atoms with E-state index in [0.717, 1.165) is 36.1 Å². The van der Waals surface area contributed by atoms with Crippen LogP contribution in [0.25, 0.3) is 0 Å². The Hall–Kier alpha value is -0.900. The highest BCUT2D eigenvalue weighted by molar-refractivity contribution is 5.10. The second-order valence-corrected chi connectivity index (χ2v) is 7.33. The van der Waals surface area contributed by atoms with Gasteiger partial charge in [-0.25, -0.2) is 0 Å². The van der Waals surface area contributed by atoms with Crippen LogP contribution >= 0.6 is 0 Å². The van der Waals surface area contributed by atoms with Gasteiger partial charge in [-0.05, 0) is 68.2 Å². The van der Waals surface area contributed by atoms with Crippen molar-refractivity contribution in [3.8, 4) is 0 Å². The Balaban J connectivity index is 1.65. The van der Waals surface area contributed by atoms with Crippen molar-refractivity contribution in [3.63, 3.8) is 0 Å². The molecule has 4 aliphatic carbocycles. The molecule has 0 amide bonds. The lowest BCUT2D eigenvalue weighted by Crippen LogP contribution is -2.50. The predicted molar refractivity (Wildman–Crippen MR) is 78.0 cm³/mol. The second kappa shape index (κ2) is 4.83. The first kappa shape index (κ1) is 12.8. The average Bonchev–Trinajstić information content (AvgIpc) is 2.82. The first-order valence-electron chi connectivity index (χ1n) is 8.34. The number of rotatable bonds is 4. The summed E-state index contributed by atoms with van der Waals surface area (Å²) in [6, 6.07) is 0.454. The van der Waals surface area contributed by atoms with Gasteiger partial charge in [0.15, 0.2) is 0 Å². The van der Waals surface area contributed by atoms with Crippen LogP contribution < -0.4 is 5.32 Å². The fourth-order valence-electron chi connectivity index (χ4n) is 5.75. The summed E-state index contributed by atoms with van der Waals surface area (Å²) in [6.07, 6.45) is 9.41. The zero-order valence-electron chi connectivity index (χ0n) is 12.6. The molecule has 4 bridgehead atoms. The van der Waals surface area contributed by atoms with E-state index in [0.29, 0.717) is 6.04 Å². The van der Waals surface area contributed by atoms with E-state index in [2.05, 4.69) is 22.6 Å². The van der Waals surface area contributed by atoms with Crippen LogP contribution in [0.4, 0.5) is 0 Å². The van der Waals surface area contributed by atoms with Crippen molar-refractivity contribution >= 4 is 0 Å². The Morgan fingerprint density at radius 1 is 1.20 bits per heavy atom. The third-order valence-electron chi connectivity index (χ3n) is 6.18. The Bertz CT molecular complexity index is 453. The fraction of sp³-hybridized carbons (Fsp3) is 0.875. The van der Waals surface area contributed by atoms with Crippen LogP contribution in [0.1, 0.15) is 50.8 Å². The van der Waals surface area contributed by atoms with Crippen molar-refractivity contribution in [2.24, 2.45) is 36.6 Å². The molecule has 0 aliphatic heterocycles. The van der Waals surface area contributed by atoms with E-state index in [9.17, 15) is 0 Å². The van der Waals surface area contributed by atoms with Crippen molar-refractivity contribution in [3.05, 3.63) is 11.9 Å². The van der Waals surface area contributed by atoms with Gasteiger partial charge in [-0.2, -0.15) is 0 Å². The predicted octanol–water partition coefficient (Wildman–Crippen LogP) is 2.54. The summed E-state index contributed by atoms with van der Waals surface area (Å²) in [4.78, 5) is 0. The molecular weight excluding hydrogens is 248 g/mol. The number of nitrogens with one attached hydrogen (secondary N) is 1. The lowest BCUT2D eigenvalue weighted by molar-refractivity contribution is -0.0533. The normalized spacial score (nSPS) is 40.2. The Labute approximate surface area is 121 Å². The van der Waals surface area contributed by atoms with E-state index in [4.69, 9.17) is 0 Å². The molecule has 4 saturated carbocycles. The summed E-state index contributed by atoms with van der Waals surface area (Å²) in [5.41, 5.74) is 1.28. The lowest BCUT2D eigenvalue weighted by atomic mass is 9.50. The number of hydrogen-bond acceptors (Lipinski definition) is 3. The molecule has 5 rings (SSSR count). The molecule has 4 heteroatoms. The molecule has 4 nitrogen and oxygen atoms in total. The smallest absolute Gasteiger partial charge is 0.0756 e. The average molecular weight is 274 g/mol.